The molecule has 0 aliphatic carbocycles. The number of aromatic nitrogens is 9. The number of nitrogens with one attached hydrogen (secondary N) is 2. The summed E-state index contributed by atoms with van der Waals surface area (Å²) in [6, 6.07) is 5.22. The highest BCUT2D eigenvalue weighted by molar-refractivity contribution is 7.98. The van der Waals surface area contributed by atoms with Crippen LogP contribution in [-0.4, -0.2) is 167 Å². The molecule has 9 rings (SSSR count). The maximum absolute atomic E-state index is 6.13. The summed E-state index contributed by atoms with van der Waals surface area (Å²) in [5, 5.41) is 6.35. The molecule has 3 fully saturated rings. The van der Waals surface area contributed by atoms with Crippen LogP contribution in [0.4, 0.5) is 17.1 Å². The predicted octanol–water partition coefficient (Wildman–Crippen LogP) is 2.00. The van der Waals surface area contributed by atoms with Crippen LogP contribution >= 0.6 is 11.8 Å². The van der Waals surface area contributed by atoms with Crippen molar-refractivity contribution in [1.82, 2.24) is 54.2 Å². The second-order valence-electron chi connectivity index (χ2n) is 15.3. The predicted molar refractivity (Wildman–Crippen MR) is 242 cm³/mol. The number of likely N-dealkylation sites (N-methyl/N-ethyl adjacent to an activating group) is 2. The summed E-state index contributed by atoms with van der Waals surface area (Å²) < 4.78 is 51.6. The number of hydrogen-bond acceptors (Lipinski definition) is 20. The number of nitrogens with two attached hydrogens (primary N) is 3. The van der Waals surface area contributed by atoms with E-state index in [1.807, 2.05) is 27.8 Å². The zero-order chi connectivity index (χ0) is 45.5. The molecule has 23 heteroatoms. The van der Waals surface area contributed by atoms with Crippen molar-refractivity contribution in [3.05, 3.63) is 55.8 Å². The topological polar surface area (TPSA) is 268 Å². The van der Waals surface area contributed by atoms with Gasteiger partial charge in [0.05, 0.1) is 60.9 Å². The molecule has 5 unspecified atom stereocenters. The summed E-state index contributed by atoms with van der Waals surface area (Å²) in [4.78, 5) is 26.1. The molecule has 0 spiro atoms. The molecule has 64 heavy (non-hydrogen) atoms. The highest BCUT2D eigenvalue weighted by Gasteiger charge is 2.47. The highest BCUT2D eigenvalue weighted by atomic mass is 32.2. The van der Waals surface area contributed by atoms with E-state index < -0.39 is 0 Å². The number of fused-ring (bicyclic) bond motifs is 3. The lowest BCUT2D eigenvalue weighted by molar-refractivity contribution is -0.0626. The zero-order valence-corrected chi connectivity index (χ0v) is 38.1. The van der Waals surface area contributed by atoms with E-state index >= 15 is 0 Å². The van der Waals surface area contributed by atoms with Crippen LogP contribution in [0.3, 0.4) is 0 Å². The summed E-state index contributed by atoms with van der Waals surface area (Å²) in [5.74, 6) is 0.914. The first-order valence-corrected chi connectivity index (χ1v) is 22.1. The molecule has 0 saturated carbocycles. The lowest BCUT2D eigenvalue weighted by Crippen LogP contribution is -2.44. The SMILES string of the molecule is CNC1C(OC)[C@H](n2cnc3c(N)ccnc32)O[C@@H]1COC.CNC[C@H]1O[C@@H](n2cnc3c(N)ccnc32)C(OC)C1OC.COC1C[C@H](n2cnc3c(N)ccnc32)O[C@@H]1CSC. The minimum atomic E-state index is -0.368. The summed E-state index contributed by atoms with van der Waals surface area (Å²) in [5.41, 5.74) is 23.8. The normalized spacial score (nSPS) is 27.8. The molecule has 9 heterocycles. The van der Waals surface area contributed by atoms with E-state index in [1.54, 1.807) is 103 Å². The van der Waals surface area contributed by atoms with Gasteiger partial charge in [0.1, 0.15) is 53.3 Å². The zero-order valence-electron chi connectivity index (χ0n) is 37.3. The second-order valence-corrected chi connectivity index (χ2v) is 16.2. The number of pyridine rings is 3. The van der Waals surface area contributed by atoms with Crippen LogP contribution in [0.1, 0.15) is 25.1 Å². The van der Waals surface area contributed by atoms with Gasteiger partial charge in [0.2, 0.25) is 0 Å². The smallest absolute Gasteiger partial charge is 0.166 e. The number of anilines is 3. The van der Waals surface area contributed by atoms with Gasteiger partial charge in [-0.05, 0) is 38.6 Å². The Balaban J connectivity index is 0.000000144. The number of rotatable bonds is 14. The highest BCUT2D eigenvalue weighted by Crippen LogP contribution is 2.37. The Labute approximate surface area is 375 Å². The van der Waals surface area contributed by atoms with Gasteiger partial charge in [-0.1, -0.05) is 0 Å². The van der Waals surface area contributed by atoms with Gasteiger partial charge in [-0.2, -0.15) is 11.8 Å². The lowest BCUT2D eigenvalue weighted by atomic mass is 10.1. The average Bonchev–Trinajstić information content (AvgIpc) is 4.16. The van der Waals surface area contributed by atoms with Gasteiger partial charge >= 0.3 is 0 Å². The van der Waals surface area contributed by atoms with Crippen molar-refractivity contribution in [2.45, 2.75) is 73.9 Å². The molecule has 0 amide bonds. The standard InChI is InChI=1S/2C14H21N5O3.C13H18N4O2S/c1-16-11-9(6-20-2)22-14(12(11)21-3)19-7-18-10-8(15)4-5-17-13(10)19;1-16-6-9-11(20-2)12(21-3)14(22-9)19-7-18-10-8(15)4-5-17-13(10)19;1-18-9-5-11(19-10(9)6-20-2)17-7-16-12-8(14)3-4-15-13(12)17/h2*4-5,7,9,11-12,14,16H,6H2,1-3H3,(H2,15,17);3-4,7,9-11H,5-6H2,1-2H3,(H2,14,15)/t2*9-,11?,12?,14-;9?,10-,11-/m111/s1. The van der Waals surface area contributed by atoms with Gasteiger partial charge in [-0.15, -0.1) is 0 Å². The molecule has 6 aromatic heterocycles. The second kappa shape index (κ2) is 21.5. The maximum atomic E-state index is 6.13. The maximum Gasteiger partial charge on any atom is 0.166 e. The molecule has 3 aliphatic rings. The summed E-state index contributed by atoms with van der Waals surface area (Å²) in [7, 11) is 12.1. The number of thioether (sulfide) groups is 1. The Morgan fingerprint density at radius 3 is 1.61 bits per heavy atom. The fourth-order valence-electron chi connectivity index (χ4n) is 8.58. The van der Waals surface area contributed by atoms with Crippen molar-refractivity contribution >= 4 is 62.3 Å². The Morgan fingerprint density at radius 1 is 0.641 bits per heavy atom. The monoisotopic (exact) mass is 908 g/mol. The van der Waals surface area contributed by atoms with Crippen LogP contribution in [-0.2, 0) is 37.9 Å². The van der Waals surface area contributed by atoms with Gasteiger partial charge in [0.25, 0.3) is 0 Å². The van der Waals surface area contributed by atoms with E-state index in [9.17, 15) is 0 Å². The van der Waals surface area contributed by atoms with E-state index in [0.717, 1.165) is 23.3 Å². The van der Waals surface area contributed by atoms with Crippen LogP contribution in [0, 0.1) is 0 Å². The van der Waals surface area contributed by atoms with Gasteiger partial charge in [0.15, 0.2) is 29.4 Å². The largest absolute Gasteiger partial charge is 0.397 e. The van der Waals surface area contributed by atoms with E-state index in [2.05, 4.69) is 46.8 Å². The van der Waals surface area contributed by atoms with Crippen LogP contribution in [0.5, 0.6) is 0 Å². The number of nitrogen functional groups attached to an aromatic ring is 3. The molecule has 22 nitrogen and oxygen atoms in total. The average molecular weight is 909 g/mol. The Hall–Kier alpha value is -4.79. The first-order chi connectivity index (χ1) is 31.2. The van der Waals surface area contributed by atoms with Crippen molar-refractivity contribution in [3.8, 4) is 0 Å². The third kappa shape index (κ3) is 9.33. The number of hydrogen-bond donors (Lipinski definition) is 5. The Morgan fingerprint density at radius 2 is 1.14 bits per heavy atom. The summed E-state index contributed by atoms with van der Waals surface area (Å²) >= 11 is 1.76. The van der Waals surface area contributed by atoms with Gasteiger partial charge < -0.3 is 65.7 Å². The molecule has 0 radical (unpaired) electrons. The molecule has 0 bridgehead atoms. The molecule has 11 atom stereocenters. The van der Waals surface area contributed by atoms with Crippen molar-refractivity contribution in [1.29, 1.82) is 0 Å². The quantitative estimate of drug-likeness (QED) is 0.105. The minimum absolute atomic E-state index is 0.00783. The van der Waals surface area contributed by atoms with Crippen LogP contribution in [0.15, 0.2) is 55.8 Å². The molecular formula is C41H60N14O8S. The molecule has 3 aliphatic heterocycles. The van der Waals surface area contributed by atoms with Crippen LogP contribution < -0.4 is 27.8 Å². The number of methoxy groups -OCH3 is 5. The summed E-state index contributed by atoms with van der Waals surface area (Å²) in [6.07, 6.45) is 11.5. The third-order valence-electron chi connectivity index (χ3n) is 11.7. The van der Waals surface area contributed by atoms with E-state index in [-0.39, 0.29) is 67.5 Å². The minimum Gasteiger partial charge on any atom is -0.397 e. The molecule has 8 N–H and O–H groups in total. The van der Waals surface area contributed by atoms with Gasteiger partial charge in [0, 0.05) is 72.9 Å². The molecule has 3 saturated heterocycles. The number of imidazole rings is 3. The van der Waals surface area contributed by atoms with Crippen LogP contribution in [0.25, 0.3) is 33.5 Å². The lowest BCUT2D eigenvalue weighted by Gasteiger charge is -2.22. The van der Waals surface area contributed by atoms with E-state index in [4.69, 9.17) is 55.1 Å². The molecular weight excluding hydrogens is 849 g/mol. The van der Waals surface area contributed by atoms with E-state index in [0.29, 0.717) is 52.5 Å². The Bertz CT molecular complexity index is 2310. The van der Waals surface area contributed by atoms with Crippen molar-refractivity contribution in [2.75, 3.05) is 92.0 Å². The van der Waals surface area contributed by atoms with Gasteiger partial charge in [-0.3, -0.25) is 13.7 Å². The summed E-state index contributed by atoms with van der Waals surface area (Å²) in [6.45, 7) is 1.14. The fourth-order valence-corrected chi connectivity index (χ4v) is 9.21. The third-order valence-corrected chi connectivity index (χ3v) is 12.3. The van der Waals surface area contributed by atoms with E-state index in [1.165, 1.54) is 0 Å². The molecule has 348 valence electrons. The number of ether oxygens (including phenoxy) is 8. The fraction of sp³-hybridized carbons (Fsp3) is 0.561. The van der Waals surface area contributed by atoms with Crippen molar-refractivity contribution in [2.24, 2.45) is 0 Å². The Kier molecular flexibility index (Phi) is 15.8. The first kappa shape index (κ1) is 47.2. The first-order valence-electron chi connectivity index (χ1n) is 20.7. The molecule has 6 aromatic rings. The van der Waals surface area contributed by atoms with Crippen LogP contribution in [0.2, 0.25) is 0 Å². The van der Waals surface area contributed by atoms with Crippen molar-refractivity contribution < 1.29 is 37.9 Å². The van der Waals surface area contributed by atoms with Gasteiger partial charge in [-0.25, -0.2) is 29.9 Å². The number of nitrogens with zero attached hydrogens (tertiary/aromatic N) is 9. The van der Waals surface area contributed by atoms with Crippen molar-refractivity contribution in [3.63, 3.8) is 0 Å². The molecule has 0 aromatic carbocycles.